The minimum Gasteiger partial charge on any atom is -0.339 e. The van der Waals surface area contributed by atoms with Crippen molar-refractivity contribution >= 4 is 5.91 Å². The largest absolute Gasteiger partial charge is 0.339 e. The Morgan fingerprint density at radius 3 is 2.80 bits per heavy atom. The first-order valence-electron chi connectivity index (χ1n) is 7.13. The molecule has 0 aliphatic carbocycles. The molecule has 20 heavy (non-hydrogen) atoms. The smallest absolute Gasteiger partial charge is 0.236 e. The number of aromatic nitrogens is 3. The van der Waals surface area contributed by atoms with Crippen molar-refractivity contribution in [2.45, 2.75) is 26.4 Å². The Hall–Kier alpha value is -1.47. The summed E-state index contributed by atoms with van der Waals surface area (Å²) in [5, 5.41) is 7.46. The summed E-state index contributed by atoms with van der Waals surface area (Å²) in [7, 11) is 1.94. The monoisotopic (exact) mass is 280 g/mol. The lowest BCUT2D eigenvalue weighted by Gasteiger charge is -2.29. The normalized spacial score (nSPS) is 16.1. The van der Waals surface area contributed by atoms with E-state index in [1.54, 1.807) is 6.33 Å². The van der Waals surface area contributed by atoms with Crippen molar-refractivity contribution in [2.24, 2.45) is 0 Å². The highest BCUT2D eigenvalue weighted by atomic mass is 16.2. The van der Waals surface area contributed by atoms with Crippen LogP contribution in [0.1, 0.15) is 25.7 Å². The van der Waals surface area contributed by atoms with Gasteiger partial charge in [-0.25, -0.2) is 9.67 Å². The van der Waals surface area contributed by atoms with Gasteiger partial charge in [-0.3, -0.25) is 9.69 Å². The first-order chi connectivity index (χ1) is 9.58. The number of piperazine rings is 1. The predicted molar refractivity (Wildman–Crippen MR) is 76.2 cm³/mol. The Morgan fingerprint density at radius 2 is 2.15 bits per heavy atom. The Balaban J connectivity index is 1.86. The van der Waals surface area contributed by atoms with Gasteiger partial charge < -0.3 is 10.2 Å². The molecule has 0 saturated carbocycles. The molecule has 7 heteroatoms. The van der Waals surface area contributed by atoms with E-state index < -0.39 is 0 Å². The molecule has 0 radical (unpaired) electrons. The van der Waals surface area contributed by atoms with Gasteiger partial charge in [0.15, 0.2) is 0 Å². The first kappa shape index (κ1) is 14.9. The molecule has 1 aliphatic rings. The fourth-order valence-electron chi connectivity index (χ4n) is 2.36. The molecule has 1 aromatic rings. The van der Waals surface area contributed by atoms with Gasteiger partial charge in [0.2, 0.25) is 5.91 Å². The maximum absolute atomic E-state index is 12.2. The summed E-state index contributed by atoms with van der Waals surface area (Å²) in [4.78, 5) is 20.4. The highest BCUT2D eigenvalue weighted by Gasteiger charge is 2.18. The van der Waals surface area contributed by atoms with Gasteiger partial charge in [0.25, 0.3) is 0 Å². The molecule has 0 atom stereocenters. The van der Waals surface area contributed by atoms with E-state index in [0.29, 0.717) is 13.1 Å². The predicted octanol–water partition coefficient (Wildman–Crippen LogP) is -0.277. The second kappa shape index (κ2) is 6.81. The van der Waals surface area contributed by atoms with Crippen LogP contribution in [0.15, 0.2) is 6.33 Å². The standard InChI is InChI=1S/C13H24N6O/c1-11(2)19-12(15-10-16-19)8-17(3)9-13(20)18-6-4-14-5-7-18/h10-11,14H,4-9H2,1-3H3. The molecule has 0 aromatic carbocycles. The third-order valence-corrected chi connectivity index (χ3v) is 3.42. The number of rotatable bonds is 5. The molecule has 7 nitrogen and oxygen atoms in total. The number of hydrogen-bond donors (Lipinski definition) is 1. The number of carbonyl (C=O) groups is 1. The Morgan fingerprint density at radius 1 is 1.45 bits per heavy atom. The van der Waals surface area contributed by atoms with Crippen LogP contribution >= 0.6 is 0 Å². The van der Waals surface area contributed by atoms with Gasteiger partial charge in [0.1, 0.15) is 12.2 Å². The van der Waals surface area contributed by atoms with E-state index in [2.05, 4.69) is 29.2 Å². The molecule has 1 N–H and O–H groups in total. The quantitative estimate of drug-likeness (QED) is 0.804. The minimum atomic E-state index is 0.185. The van der Waals surface area contributed by atoms with Gasteiger partial charge >= 0.3 is 0 Å². The zero-order valence-corrected chi connectivity index (χ0v) is 12.5. The summed E-state index contributed by atoms with van der Waals surface area (Å²) in [6.07, 6.45) is 1.57. The van der Waals surface area contributed by atoms with Crippen molar-refractivity contribution in [3.63, 3.8) is 0 Å². The highest BCUT2D eigenvalue weighted by Crippen LogP contribution is 2.07. The number of hydrogen-bond acceptors (Lipinski definition) is 5. The first-order valence-corrected chi connectivity index (χ1v) is 7.13. The van der Waals surface area contributed by atoms with Crippen molar-refractivity contribution in [3.8, 4) is 0 Å². The minimum absolute atomic E-state index is 0.185. The molecule has 1 amide bonds. The highest BCUT2D eigenvalue weighted by molar-refractivity contribution is 5.78. The van der Waals surface area contributed by atoms with Gasteiger partial charge in [-0.05, 0) is 20.9 Å². The van der Waals surface area contributed by atoms with Gasteiger partial charge in [-0.1, -0.05) is 0 Å². The lowest BCUT2D eigenvalue weighted by atomic mass is 10.3. The second-order valence-corrected chi connectivity index (χ2v) is 5.52. The van der Waals surface area contributed by atoms with Crippen LogP contribution in [0.4, 0.5) is 0 Å². The molecule has 112 valence electrons. The van der Waals surface area contributed by atoms with Gasteiger partial charge in [-0.15, -0.1) is 0 Å². The average molecular weight is 280 g/mol. The molecular formula is C13H24N6O. The molecule has 0 bridgehead atoms. The molecule has 2 heterocycles. The Kier molecular flexibility index (Phi) is 5.08. The molecule has 2 rings (SSSR count). The molecule has 1 saturated heterocycles. The van der Waals surface area contributed by atoms with Crippen molar-refractivity contribution in [3.05, 3.63) is 12.2 Å². The Bertz CT molecular complexity index is 438. The van der Waals surface area contributed by atoms with Crippen LogP contribution in [-0.4, -0.2) is 70.2 Å². The summed E-state index contributed by atoms with van der Waals surface area (Å²) in [6.45, 7) is 8.58. The molecular weight excluding hydrogens is 256 g/mol. The van der Waals surface area contributed by atoms with E-state index in [9.17, 15) is 4.79 Å². The molecule has 1 fully saturated rings. The summed E-state index contributed by atoms with van der Waals surface area (Å²) in [6, 6.07) is 0.282. The molecule has 1 aromatic heterocycles. The SMILES string of the molecule is CC(C)n1ncnc1CN(C)CC(=O)N1CCNCC1. The molecule has 0 unspecified atom stereocenters. The third kappa shape index (κ3) is 3.77. The number of nitrogens with zero attached hydrogens (tertiary/aromatic N) is 5. The van der Waals surface area contributed by atoms with Crippen LogP contribution in [0.25, 0.3) is 0 Å². The van der Waals surface area contributed by atoms with E-state index in [4.69, 9.17) is 0 Å². The van der Waals surface area contributed by atoms with Crippen LogP contribution in [0.2, 0.25) is 0 Å². The van der Waals surface area contributed by atoms with Crippen LogP contribution in [-0.2, 0) is 11.3 Å². The van der Waals surface area contributed by atoms with Crippen molar-refractivity contribution in [2.75, 3.05) is 39.8 Å². The topological polar surface area (TPSA) is 66.3 Å². The van der Waals surface area contributed by atoms with Crippen LogP contribution < -0.4 is 5.32 Å². The fraction of sp³-hybridized carbons (Fsp3) is 0.769. The van der Waals surface area contributed by atoms with Crippen molar-refractivity contribution in [1.29, 1.82) is 0 Å². The zero-order chi connectivity index (χ0) is 14.5. The summed E-state index contributed by atoms with van der Waals surface area (Å²) < 4.78 is 1.89. The van der Waals surface area contributed by atoms with Crippen molar-refractivity contribution < 1.29 is 4.79 Å². The van der Waals surface area contributed by atoms with E-state index in [1.807, 2.05) is 21.5 Å². The maximum atomic E-state index is 12.2. The average Bonchev–Trinajstić information content (AvgIpc) is 2.87. The number of likely N-dealkylation sites (N-methyl/N-ethyl adjacent to an activating group) is 1. The van der Waals surface area contributed by atoms with Crippen LogP contribution in [0.3, 0.4) is 0 Å². The second-order valence-electron chi connectivity index (χ2n) is 5.52. The molecule has 0 spiro atoms. The number of nitrogens with one attached hydrogen (secondary N) is 1. The van der Waals surface area contributed by atoms with Crippen molar-refractivity contribution in [1.82, 2.24) is 29.9 Å². The van der Waals surface area contributed by atoms with E-state index in [-0.39, 0.29) is 11.9 Å². The van der Waals surface area contributed by atoms with Gasteiger partial charge in [0, 0.05) is 32.2 Å². The Labute approximate surface area is 119 Å². The van der Waals surface area contributed by atoms with Crippen LogP contribution in [0, 0.1) is 0 Å². The van der Waals surface area contributed by atoms with E-state index in [0.717, 1.165) is 32.0 Å². The number of amides is 1. The number of carbonyl (C=O) groups excluding carboxylic acids is 1. The summed E-state index contributed by atoms with van der Waals surface area (Å²) in [5.74, 6) is 1.08. The van der Waals surface area contributed by atoms with E-state index >= 15 is 0 Å². The summed E-state index contributed by atoms with van der Waals surface area (Å²) >= 11 is 0. The maximum Gasteiger partial charge on any atom is 0.236 e. The lowest BCUT2D eigenvalue weighted by molar-refractivity contribution is -0.132. The molecule has 1 aliphatic heterocycles. The van der Waals surface area contributed by atoms with Gasteiger partial charge in [-0.2, -0.15) is 5.10 Å². The van der Waals surface area contributed by atoms with E-state index in [1.165, 1.54) is 0 Å². The fourth-order valence-corrected chi connectivity index (χ4v) is 2.36. The summed E-state index contributed by atoms with van der Waals surface area (Å²) in [5.41, 5.74) is 0. The lowest BCUT2D eigenvalue weighted by Crippen LogP contribution is -2.49. The zero-order valence-electron chi connectivity index (χ0n) is 12.5. The van der Waals surface area contributed by atoms with Gasteiger partial charge in [0.05, 0.1) is 13.1 Å². The third-order valence-electron chi connectivity index (χ3n) is 3.42. The van der Waals surface area contributed by atoms with Crippen LogP contribution in [0.5, 0.6) is 0 Å².